The molecule has 0 aliphatic carbocycles. The van der Waals surface area contributed by atoms with Crippen molar-refractivity contribution >= 4 is 0 Å². The highest BCUT2D eigenvalue weighted by Gasteiger charge is 2.23. The SMILES string of the molecule is CN1CCN(CCc2ncc3n2C(CO)CCC3)CC1. The second-order valence-electron chi connectivity index (χ2n) is 6.16. The van der Waals surface area contributed by atoms with Gasteiger partial charge in [0.25, 0.3) is 0 Å². The van der Waals surface area contributed by atoms with E-state index >= 15 is 0 Å². The van der Waals surface area contributed by atoms with E-state index in [4.69, 9.17) is 0 Å². The van der Waals surface area contributed by atoms with Crippen molar-refractivity contribution < 1.29 is 5.11 Å². The molecule has 0 spiro atoms. The molecule has 0 radical (unpaired) electrons. The molecule has 1 unspecified atom stereocenters. The Balaban J connectivity index is 1.62. The summed E-state index contributed by atoms with van der Waals surface area (Å²) in [6.07, 6.45) is 6.38. The molecule has 1 aromatic rings. The second-order valence-corrected chi connectivity index (χ2v) is 6.16. The van der Waals surface area contributed by atoms with Crippen molar-refractivity contribution in [2.45, 2.75) is 31.7 Å². The van der Waals surface area contributed by atoms with Gasteiger partial charge in [0.1, 0.15) is 5.82 Å². The summed E-state index contributed by atoms with van der Waals surface area (Å²) >= 11 is 0. The number of rotatable bonds is 4. The number of likely N-dealkylation sites (N-methyl/N-ethyl adjacent to an activating group) is 1. The lowest BCUT2D eigenvalue weighted by Gasteiger charge is -2.32. The number of piperazine rings is 1. The van der Waals surface area contributed by atoms with E-state index < -0.39 is 0 Å². The van der Waals surface area contributed by atoms with Gasteiger partial charge in [0, 0.05) is 51.0 Å². The third-order valence-electron chi connectivity index (χ3n) is 4.74. The average Bonchev–Trinajstić information content (AvgIpc) is 2.90. The zero-order valence-electron chi connectivity index (χ0n) is 12.5. The second kappa shape index (κ2) is 6.24. The Bertz CT molecular complexity index is 437. The van der Waals surface area contributed by atoms with Gasteiger partial charge in [-0.2, -0.15) is 0 Å². The maximum Gasteiger partial charge on any atom is 0.110 e. The third-order valence-corrected chi connectivity index (χ3v) is 4.74. The van der Waals surface area contributed by atoms with Gasteiger partial charge in [0.15, 0.2) is 0 Å². The molecule has 0 bridgehead atoms. The molecule has 20 heavy (non-hydrogen) atoms. The Labute approximate surface area is 121 Å². The van der Waals surface area contributed by atoms with Gasteiger partial charge in [-0.1, -0.05) is 0 Å². The molecule has 5 heteroatoms. The molecule has 1 N–H and O–H groups in total. The number of nitrogens with zero attached hydrogens (tertiary/aromatic N) is 4. The summed E-state index contributed by atoms with van der Waals surface area (Å²) in [4.78, 5) is 9.52. The summed E-state index contributed by atoms with van der Waals surface area (Å²) in [7, 11) is 2.19. The normalized spacial score (nSPS) is 24.8. The van der Waals surface area contributed by atoms with E-state index in [0.29, 0.717) is 0 Å². The first-order chi connectivity index (χ1) is 9.78. The Hall–Kier alpha value is -0.910. The molecular weight excluding hydrogens is 252 g/mol. The van der Waals surface area contributed by atoms with Crippen molar-refractivity contribution in [1.82, 2.24) is 19.4 Å². The molecule has 5 nitrogen and oxygen atoms in total. The van der Waals surface area contributed by atoms with Crippen LogP contribution in [0.2, 0.25) is 0 Å². The van der Waals surface area contributed by atoms with Crippen LogP contribution < -0.4 is 0 Å². The molecule has 0 amide bonds. The zero-order valence-corrected chi connectivity index (χ0v) is 12.5. The quantitative estimate of drug-likeness (QED) is 0.873. The molecule has 0 aromatic carbocycles. The molecule has 3 heterocycles. The van der Waals surface area contributed by atoms with Crippen molar-refractivity contribution in [1.29, 1.82) is 0 Å². The van der Waals surface area contributed by atoms with Gasteiger partial charge in [0.05, 0.1) is 12.6 Å². The number of hydrogen-bond acceptors (Lipinski definition) is 4. The van der Waals surface area contributed by atoms with Crippen molar-refractivity contribution in [3.05, 3.63) is 17.7 Å². The molecule has 3 rings (SSSR count). The van der Waals surface area contributed by atoms with E-state index in [9.17, 15) is 5.11 Å². The molecule has 0 saturated carbocycles. The highest BCUT2D eigenvalue weighted by atomic mass is 16.3. The summed E-state index contributed by atoms with van der Waals surface area (Å²) in [6, 6.07) is 0.253. The lowest BCUT2D eigenvalue weighted by atomic mass is 10.0. The van der Waals surface area contributed by atoms with Gasteiger partial charge in [0.2, 0.25) is 0 Å². The molecular formula is C15H26N4O. The minimum Gasteiger partial charge on any atom is -0.394 e. The Morgan fingerprint density at radius 2 is 2.10 bits per heavy atom. The van der Waals surface area contributed by atoms with Crippen molar-refractivity contribution in [2.24, 2.45) is 0 Å². The number of fused-ring (bicyclic) bond motifs is 1. The van der Waals surface area contributed by atoms with Crippen LogP contribution >= 0.6 is 0 Å². The maximum absolute atomic E-state index is 9.56. The third kappa shape index (κ3) is 2.90. The fourth-order valence-electron chi connectivity index (χ4n) is 3.40. The predicted molar refractivity (Wildman–Crippen MR) is 78.9 cm³/mol. The minimum atomic E-state index is 0.241. The van der Waals surface area contributed by atoms with E-state index in [2.05, 4.69) is 26.4 Å². The average molecular weight is 278 g/mol. The fourth-order valence-corrected chi connectivity index (χ4v) is 3.40. The van der Waals surface area contributed by atoms with Crippen LogP contribution in [-0.2, 0) is 12.8 Å². The van der Waals surface area contributed by atoms with Crippen LogP contribution in [0.4, 0.5) is 0 Å². The largest absolute Gasteiger partial charge is 0.394 e. The van der Waals surface area contributed by atoms with E-state index in [1.54, 1.807) is 0 Å². The van der Waals surface area contributed by atoms with Gasteiger partial charge < -0.3 is 19.5 Å². The smallest absolute Gasteiger partial charge is 0.110 e. The van der Waals surface area contributed by atoms with Gasteiger partial charge >= 0.3 is 0 Å². The number of imidazole rings is 1. The first-order valence-corrected chi connectivity index (χ1v) is 7.84. The lowest BCUT2D eigenvalue weighted by molar-refractivity contribution is 0.153. The van der Waals surface area contributed by atoms with Crippen molar-refractivity contribution in [2.75, 3.05) is 46.4 Å². The first-order valence-electron chi connectivity index (χ1n) is 7.84. The van der Waals surface area contributed by atoms with E-state index in [1.165, 1.54) is 25.2 Å². The Morgan fingerprint density at radius 3 is 2.85 bits per heavy atom. The predicted octanol–water partition coefficient (Wildman–Crippen LogP) is 0.543. The van der Waals surface area contributed by atoms with Crippen LogP contribution in [0.5, 0.6) is 0 Å². The van der Waals surface area contributed by atoms with Crippen molar-refractivity contribution in [3.8, 4) is 0 Å². The van der Waals surface area contributed by atoms with Crippen LogP contribution in [-0.4, -0.2) is 70.8 Å². The zero-order chi connectivity index (χ0) is 13.9. The summed E-state index contributed by atoms with van der Waals surface area (Å²) in [5.41, 5.74) is 1.31. The molecule has 1 fully saturated rings. The number of aliphatic hydroxyl groups excluding tert-OH is 1. The molecule has 112 valence electrons. The fraction of sp³-hybridized carbons (Fsp3) is 0.800. The summed E-state index contributed by atoms with van der Waals surface area (Å²) in [6.45, 7) is 5.98. The molecule has 1 aromatic heterocycles. The standard InChI is InChI=1S/C15H26N4O/c1-17-7-9-18(10-8-17)6-5-15-16-11-13-3-2-4-14(12-20)19(13)15/h11,14,20H,2-10,12H2,1H3. The molecule has 1 atom stereocenters. The minimum absolute atomic E-state index is 0.241. The number of aromatic nitrogens is 2. The van der Waals surface area contributed by atoms with E-state index in [1.807, 2.05) is 6.20 Å². The summed E-state index contributed by atoms with van der Waals surface area (Å²) in [5.74, 6) is 1.16. The Morgan fingerprint density at radius 1 is 1.30 bits per heavy atom. The van der Waals surface area contributed by atoms with E-state index in [0.717, 1.165) is 44.7 Å². The van der Waals surface area contributed by atoms with Crippen LogP contribution in [0.15, 0.2) is 6.20 Å². The first kappa shape index (κ1) is 14.0. The van der Waals surface area contributed by atoms with E-state index in [-0.39, 0.29) is 12.6 Å². The van der Waals surface area contributed by atoms with Crippen LogP contribution in [0.3, 0.4) is 0 Å². The summed E-state index contributed by atoms with van der Waals surface area (Å²) < 4.78 is 2.31. The van der Waals surface area contributed by atoms with Crippen LogP contribution in [0.25, 0.3) is 0 Å². The van der Waals surface area contributed by atoms with Gasteiger partial charge in [-0.25, -0.2) is 4.98 Å². The maximum atomic E-state index is 9.56. The number of aryl methyl sites for hydroxylation is 1. The topological polar surface area (TPSA) is 44.5 Å². The van der Waals surface area contributed by atoms with Crippen molar-refractivity contribution in [3.63, 3.8) is 0 Å². The van der Waals surface area contributed by atoms with Crippen LogP contribution in [0, 0.1) is 0 Å². The lowest BCUT2D eigenvalue weighted by Crippen LogP contribution is -2.45. The molecule has 2 aliphatic rings. The highest BCUT2D eigenvalue weighted by Crippen LogP contribution is 2.26. The van der Waals surface area contributed by atoms with Gasteiger partial charge in [-0.05, 0) is 26.3 Å². The van der Waals surface area contributed by atoms with Gasteiger partial charge in [-0.15, -0.1) is 0 Å². The summed E-state index contributed by atoms with van der Waals surface area (Å²) in [5, 5.41) is 9.56. The van der Waals surface area contributed by atoms with Gasteiger partial charge in [-0.3, -0.25) is 0 Å². The number of hydrogen-bond donors (Lipinski definition) is 1. The molecule has 1 saturated heterocycles. The number of aliphatic hydroxyl groups is 1. The molecule has 2 aliphatic heterocycles. The van der Waals surface area contributed by atoms with Crippen LogP contribution in [0.1, 0.15) is 30.4 Å². The highest BCUT2D eigenvalue weighted by molar-refractivity contribution is 5.11. The Kier molecular flexibility index (Phi) is 4.38. The monoisotopic (exact) mass is 278 g/mol.